The molecule has 2 aromatic rings. The van der Waals surface area contributed by atoms with Crippen LogP contribution in [-0.4, -0.2) is 9.97 Å². The molecule has 1 aromatic carbocycles. The molecule has 3 rings (SSSR count). The Kier molecular flexibility index (Phi) is 3.85. The minimum absolute atomic E-state index is 0.150. The Bertz CT molecular complexity index is 640. The van der Waals surface area contributed by atoms with E-state index in [4.69, 9.17) is 0 Å². The van der Waals surface area contributed by atoms with Gasteiger partial charge in [0.15, 0.2) is 0 Å². The van der Waals surface area contributed by atoms with Crippen molar-refractivity contribution in [2.75, 3.05) is 0 Å². The molecule has 0 aliphatic heterocycles. The van der Waals surface area contributed by atoms with Gasteiger partial charge in [-0.3, -0.25) is 0 Å². The van der Waals surface area contributed by atoms with Gasteiger partial charge in [0.2, 0.25) is 0 Å². The smallest absolute Gasteiger partial charge is 0.306 e. The Morgan fingerprint density at radius 3 is 2.42 bits per heavy atom. The number of halogens is 2. The number of fused-ring (bicyclic) bond motifs is 1. The van der Waals surface area contributed by atoms with Crippen LogP contribution in [0, 0.1) is 5.92 Å². The van der Waals surface area contributed by atoms with Crippen molar-refractivity contribution >= 4 is 42.9 Å². The average Bonchev–Trinajstić information content (AvgIpc) is 2.77. The van der Waals surface area contributed by atoms with E-state index in [1.807, 2.05) is 6.07 Å². The molecule has 1 fully saturated rings. The van der Waals surface area contributed by atoms with Crippen LogP contribution in [0.4, 0.5) is 0 Å². The van der Waals surface area contributed by atoms with E-state index < -0.39 is 0 Å². The predicted molar refractivity (Wildman–Crippen MR) is 84.9 cm³/mol. The third kappa shape index (κ3) is 2.68. The molecule has 0 saturated heterocycles. The van der Waals surface area contributed by atoms with Gasteiger partial charge in [-0.2, -0.15) is 0 Å². The first-order valence-corrected chi connectivity index (χ1v) is 8.41. The molecule has 0 amide bonds. The maximum absolute atomic E-state index is 11.3. The van der Waals surface area contributed by atoms with Crippen LogP contribution < -0.4 is 5.69 Å². The highest BCUT2D eigenvalue weighted by molar-refractivity contribution is 9.11. The van der Waals surface area contributed by atoms with E-state index in [0.29, 0.717) is 10.7 Å². The molecule has 1 heterocycles. The summed E-state index contributed by atoms with van der Waals surface area (Å²) in [7, 11) is 0. The van der Waals surface area contributed by atoms with Gasteiger partial charge >= 0.3 is 5.69 Å². The maximum atomic E-state index is 11.3. The average molecular weight is 388 g/mol. The largest absolute Gasteiger partial charge is 0.323 e. The Labute approximate surface area is 128 Å². The van der Waals surface area contributed by atoms with Crippen molar-refractivity contribution in [2.45, 2.75) is 36.9 Å². The Morgan fingerprint density at radius 1 is 1.11 bits per heavy atom. The highest BCUT2D eigenvalue weighted by Gasteiger charge is 2.24. The number of alkyl halides is 1. The molecule has 1 aliphatic rings. The number of H-pyrrole nitrogens is 2. The predicted octanol–water partition coefficient (Wildman–Crippen LogP) is 4.64. The number of aromatic nitrogens is 2. The van der Waals surface area contributed by atoms with Gasteiger partial charge in [-0.15, -0.1) is 0 Å². The molecule has 1 aliphatic carbocycles. The molecule has 0 spiro atoms. The summed E-state index contributed by atoms with van der Waals surface area (Å²) < 4.78 is 1.06. The lowest BCUT2D eigenvalue weighted by Crippen LogP contribution is -2.12. The molecule has 5 heteroatoms. The fraction of sp³-hybridized carbons (Fsp3) is 0.500. The van der Waals surface area contributed by atoms with Gasteiger partial charge in [0.25, 0.3) is 0 Å². The summed E-state index contributed by atoms with van der Waals surface area (Å²) in [6, 6.07) is 4.06. The summed E-state index contributed by atoms with van der Waals surface area (Å²) in [6.07, 6.45) is 6.58. The van der Waals surface area contributed by atoms with Crippen LogP contribution in [0.1, 0.15) is 42.5 Å². The molecule has 102 valence electrons. The Hall–Kier alpha value is -0.550. The zero-order chi connectivity index (χ0) is 13.4. The van der Waals surface area contributed by atoms with Crippen molar-refractivity contribution in [3.05, 3.63) is 32.7 Å². The topological polar surface area (TPSA) is 48.6 Å². The Balaban J connectivity index is 1.98. The molecule has 0 radical (unpaired) electrons. The molecular formula is C14H16Br2N2O. The third-order valence-electron chi connectivity index (χ3n) is 3.99. The van der Waals surface area contributed by atoms with Crippen molar-refractivity contribution in [1.82, 2.24) is 9.97 Å². The molecule has 1 aromatic heterocycles. The highest BCUT2D eigenvalue weighted by atomic mass is 79.9. The van der Waals surface area contributed by atoms with E-state index >= 15 is 0 Å². The van der Waals surface area contributed by atoms with Crippen LogP contribution in [0.25, 0.3) is 11.0 Å². The molecule has 19 heavy (non-hydrogen) atoms. The summed E-state index contributed by atoms with van der Waals surface area (Å²) in [6.45, 7) is 0. The summed E-state index contributed by atoms with van der Waals surface area (Å²) in [5.74, 6) is 0.688. The molecule has 1 saturated carbocycles. The summed E-state index contributed by atoms with van der Waals surface area (Å²) in [5, 5.41) is 0. The Morgan fingerprint density at radius 2 is 1.74 bits per heavy atom. The first-order valence-electron chi connectivity index (χ1n) is 6.70. The first-order chi connectivity index (χ1) is 9.15. The van der Waals surface area contributed by atoms with Crippen molar-refractivity contribution < 1.29 is 0 Å². The molecule has 0 bridgehead atoms. The fourth-order valence-corrected chi connectivity index (χ4v) is 4.77. The van der Waals surface area contributed by atoms with Crippen LogP contribution in [0.5, 0.6) is 0 Å². The van der Waals surface area contributed by atoms with Crippen LogP contribution in [0.2, 0.25) is 0 Å². The minimum atomic E-state index is -0.150. The van der Waals surface area contributed by atoms with E-state index in [2.05, 4.69) is 47.9 Å². The number of rotatable bonds is 2. The number of hydrogen-bond donors (Lipinski definition) is 2. The van der Waals surface area contributed by atoms with E-state index in [1.165, 1.54) is 37.7 Å². The number of imidazole rings is 1. The van der Waals surface area contributed by atoms with Crippen LogP contribution in [0.15, 0.2) is 21.4 Å². The number of benzene rings is 1. The van der Waals surface area contributed by atoms with E-state index in [9.17, 15) is 4.79 Å². The molecule has 1 unspecified atom stereocenters. The van der Waals surface area contributed by atoms with Gasteiger partial charge < -0.3 is 9.97 Å². The quantitative estimate of drug-likeness (QED) is 0.724. The normalized spacial score (nSPS) is 18.8. The van der Waals surface area contributed by atoms with Gasteiger partial charge in [-0.1, -0.05) is 51.1 Å². The monoisotopic (exact) mass is 386 g/mol. The second kappa shape index (κ2) is 5.44. The number of aromatic amines is 2. The SMILES string of the molecule is O=c1[nH]c2cc(Br)c(C(Br)C3CCCCC3)cc2[nH]1. The fourth-order valence-electron chi connectivity index (χ4n) is 2.96. The van der Waals surface area contributed by atoms with Crippen LogP contribution >= 0.6 is 31.9 Å². The minimum Gasteiger partial charge on any atom is -0.306 e. The first kappa shape index (κ1) is 13.4. The zero-order valence-corrected chi connectivity index (χ0v) is 13.7. The van der Waals surface area contributed by atoms with E-state index in [1.54, 1.807) is 0 Å². The molecule has 1 atom stereocenters. The van der Waals surface area contributed by atoms with Gasteiger partial charge in [0.05, 0.1) is 11.0 Å². The van der Waals surface area contributed by atoms with Crippen molar-refractivity contribution in [2.24, 2.45) is 5.92 Å². The summed E-state index contributed by atoms with van der Waals surface area (Å²) in [5.41, 5.74) is 2.81. The molecule has 3 nitrogen and oxygen atoms in total. The van der Waals surface area contributed by atoms with Gasteiger partial charge in [0.1, 0.15) is 0 Å². The number of hydrogen-bond acceptors (Lipinski definition) is 1. The van der Waals surface area contributed by atoms with Gasteiger partial charge in [-0.25, -0.2) is 4.79 Å². The third-order valence-corrected chi connectivity index (χ3v) is 5.92. The lowest BCUT2D eigenvalue weighted by atomic mass is 9.85. The lowest BCUT2D eigenvalue weighted by molar-refractivity contribution is 0.354. The van der Waals surface area contributed by atoms with Crippen molar-refractivity contribution in [3.8, 4) is 0 Å². The van der Waals surface area contributed by atoms with E-state index in [0.717, 1.165) is 15.5 Å². The summed E-state index contributed by atoms with van der Waals surface area (Å²) >= 11 is 7.49. The maximum Gasteiger partial charge on any atom is 0.323 e. The van der Waals surface area contributed by atoms with Gasteiger partial charge in [0, 0.05) is 9.30 Å². The van der Waals surface area contributed by atoms with Crippen molar-refractivity contribution in [1.29, 1.82) is 0 Å². The molecule has 2 N–H and O–H groups in total. The molecular weight excluding hydrogens is 372 g/mol. The second-order valence-electron chi connectivity index (χ2n) is 5.30. The highest BCUT2D eigenvalue weighted by Crippen LogP contribution is 2.43. The lowest BCUT2D eigenvalue weighted by Gasteiger charge is -2.27. The van der Waals surface area contributed by atoms with Crippen LogP contribution in [0.3, 0.4) is 0 Å². The van der Waals surface area contributed by atoms with Gasteiger partial charge in [-0.05, 0) is 36.5 Å². The van der Waals surface area contributed by atoms with E-state index in [-0.39, 0.29) is 5.69 Å². The second-order valence-corrected chi connectivity index (χ2v) is 7.14. The van der Waals surface area contributed by atoms with Crippen molar-refractivity contribution in [3.63, 3.8) is 0 Å². The van der Waals surface area contributed by atoms with Crippen LogP contribution in [-0.2, 0) is 0 Å². The zero-order valence-electron chi connectivity index (χ0n) is 10.5. The standard InChI is InChI=1S/C14H16Br2N2O/c15-10-7-12-11(17-14(19)18-12)6-9(10)13(16)8-4-2-1-3-5-8/h6-8,13H,1-5H2,(H2,17,18,19). The summed E-state index contributed by atoms with van der Waals surface area (Å²) in [4.78, 5) is 17.3. The number of nitrogens with one attached hydrogen (secondary N) is 2.